The van der Waals surface area contributed by atoms with Gasteiger partial charge in [0.25, 0.3) is 0 Å². The van der Waals surface area contributed by atoms with E-state index in [1.807, 2.05) is 13.1 Å². The molecule has 0 saturated heterocycles. The number of anilines is 2. The highest BCUT2D eigenvalue weighted by atomic mass is 15.1. The van der Waals surface area contributed by atoms with Gasteiger partial charge in [-0.05, 0) is 23.1 Å². The Morgan fingerprint density at radius 1 is 1.11 bits per heavy atom. The third-order valence-electron chi connectivity index (χ3n) is 3.00. The van der Waals surface area contributed by atoms with Crippen molar-refractivity contribution in [3.05, 3.63) is 47.7 Å². The first-order valence-electron chi connectivity index (χ1n) is 6.52. The summed E-state index contributed by atoms with van der Waals surface area (Å²) < 4.78 is 0. The number of benzene rings is 1. The Balaban J connectivity index is 1.98. The molecule has 0 atom stereocenters. The Kier molecular flexibility index (Phi) is 4.34. The summed E-state index contributed by atoms with van der Waals surface area (Å²) in [5.74, 6) is 2.02. The van der Waals surface area contributed by atoms with Gasteiger partial charge in [-0.15, -0.1) is 0 Å². The Morgan fingerprint density at radius 3 is 2.47 bits per heavy atom. The number of nitrogens with one attached hydrogen (secondary N) is 2. The third-order valence-corrected chi connectivity index (χ3v) is 3.00. The Labute approximate surface area is 114 Å². The van der Waals surface area contributed by atoms with E-state index in [9.17, 15) is 0 Å². The van der Waals surface area contributed by atoms with Crippen LogP contribution in [0.4, 0.5) is 11.8 Å². The number of hydrogen-bond acceptors (Lipinski definition) is 4. The summed E-state index contributed by atoms with van der Waals surface area (Å²) in [6.07, 6.45) is 1.74. The van der Waals surface area contributed by atoms with Gasteiger partial charge >= 0.3 is 0 Å². The molecule has 0 fully saturated rings. The van der Waals surface area contributed by atoms with Gasteiger partial charge in [0, 0.05) is 19.8 Å². The second-order valence-electron chi connectivity index (χ2n) is 4.77. The van der Waals surface area contributed by atoms with Crippen LogP contribution in [0.15, 0.2) is 36.5 Å². The highest BCUT2D eigenvalue weighted by Gasteiger charge is 2.00. The fourth-order valence-electron chi connectivity index (χ4n) is 1.79. The molecule has 1 aromatic heterocycles. The maximum atomic E-state index is 4.32. The quantitative estimate of drug-likeness (QED) is 0.862. The van der Waals surface area contributed by atoms with Crippen molar-refractivity contribution < 1.29 is 0 Å². The van der Waals surface area contributed by atoms with Crippen molar-refractivity contribution in [1.82, 2.24) is 9.97 Å². The van der Waals surface area contributed by atoms with Crippen LogP contribution in [0.3, 0.4) is 0 Å². The lowest BCUT2D eigenvalue weighted by Crippen LogP contribution is -2.04. The first-order valence-corrected chi connectivity index (χ1v) is 6.52. The molecule has 0 radical (unpaired) electrons. The van der Waals surface area contributed by atoms with Crippen molar-refractivity contribution in [3.8, 4) is 0 Å². The van der Waals surface area contributed by atoms with Gasteiger partial charge in [0.1, 0.15) is 5.82 Å². The van der Waals surface area contributed by atoms with Crippen molar-refractivity contribution in [2.24, 2.45) is 0 Å². The SMILES string of the molecule is CNc1nccc(NCc2ccc(C(C)C)cc2)n1. The molecule has 0 unspecified atom stereocenters. The fraction of sp³-hybridized carbons (Fsp3) is 0.333. The number of nitrogens with zero attached hydrogens (tertiary/aromatic N) is 2. The topological polar surface area (TPSA) is 49.8 Å². The van der Waals surface area contributed by atoms with E-state index in [0.29, 0.717) is 11.9 Å². The lowest BCUT2D eigenvalue weighted by atomic mass is 10.0. The average Bonchev–Trinajstić information content (AvgIpc) is 2.46. The Morgan fingerprint density at radius 2 is 1.84 bits per heavy atom. The minimum absolute atomic E-state index is 0.571. The number of rotatable bonds is 5. The normalized spacial score (nSPS) is 10.5. The van der Waals surface area contributed by atoms with Crippen molar-refractivity contribution in [1.29, 1.82) is 0 Å². The van der Waals surface area contributed by atoms with E-state index in [2.05, 4.69) is 58.7 Å². The molecule has 0 bridgehead atoms. The van der Waals surface area contributed by atoms with Gasteiger partial charge < -0.3 is 10.6 Å². The van der Waals surface area contributed by atoms with E-state index < -0.39 is 0 Å². The van der Waals surface area contributed by atoms with Crippen molar-refractivity contribution >= 4 is 11.8 Å². The summed E-state index contributed by atoms with van der Waals surface area (Å²) in [5, 5.41) is 6.22. The lowest BCUT2D eigenvalue weighted by Gasteiger charge is -2.09. The molecule has 1 heterocycles. The maximum Gasteiger partial charge on any atom is 0.224 e. The molecule has 2 rings (SSSR count). The number of hydrogen-bond donors (Lipinski definition) is 2. The van der Waals surface area contributed by atoms with Crippen LogP contribution in [-0.2, 0) is 6.54 Å². The third kappa shape index (κ3) is 3.68. The van der Waals surface area contributed by atoms with Gasteiger partial charge in [0.05, 0.1) is 0 Å². The summed E-state index contributed by atoms with van der Waals surface area (Å²) in [5.41, 5.74) is 2.61. The molecule has 2 aromatic rings. The first-order chi connectivity index (χ1) is 9.19. The predicted molar refractivity (Wildman–Crippen MR) is 79.4 cm³/mol. The zero-order chi connectivity index (χ0) is 13.7. The van der Waals surface area contributed by atoms with Crippen LogP contribution in [-0.4, -0.2) is 17.0 Å². The summed E-state index contributed by atoms with van der Waals surface area (Å²) >= 11 is 0. The summed E-state index contributed by atoms with van der Waals surface area (Å²) in [6, 6.07) is 10.5. The van der Waals surface area contributed by atoms with Crippen LogP contribution in [0.1, 0.15) is 30.9 Å². The molecule has 0 aliphatic heterocycles. The second-order valence-corrected chi connectivity index (χ2v) is 4.77. The average molecular weight is 256 g/mol. The molecule has 4 heteroatoms. The van der Waals surface area contributed by atoms with Gasteiger partial charge in [-0.25, -0.2) is 4.98 Å². The zero-order valence-corrected chi connectivity index (χ0v) is 11.6. The van der Waals surface area contributed by atoms with Gasteiger partial charge in [-0.2, -0.15) is 4.98 Å². The number of aromatic nitrogens is 2. The molecule has 100 valence electrons. The molecule has 2 N–H and O–H groups in total. The second kappa shape index (κ2) is 6.18. The van der Waals surface area contributed by atoms with Gasteiger partial charge in [-0.1, -0.05) is 38.1 Å². The summed E-state index contributed by atoms with van der Waals surface area (Å²) in [7, 11) is 1.81. The Hall–Kier alpha value is -2.10. The van der Waals surface area contributed by atoms with Crippen LogP contribution in [0, 0.1) is 0 Å². The first kappa shape index (κ1) is 13.3. The van der Waals surface area contributed by atoms with Crippen LogP contribution in [0.25, 0.3) is 0 Å². The highest BCUT2D eigenvalue weighted by molar-refractivity contribution is 5.40. The van der Waals surface area contributed by atoms with Gasteiger partial charge in [0.15, 0.2) is 0 Å². The van der Waals surface area contributed by atoms with Gasteiger partial charge in [-0.3, -0.25) is 0 Å². The minimum atomic E-state index is 0.571. The van der Waals surface area contributed by atoms with Crippen LogP contribution in [0.2, 0.25) is 0 Å². The standard InChI is InChI=1S/C15H20N4/c1-11(2)13-6-4-12(5-7-13)10-18-14-8-9-17-15(16-3)19-14/h4-9,11H,10H2,1-3H3,(H2,16,17,18,19). The van der Waals surface area contributed by atoms with Crippen molar-refractivity contribution in [2.45, 2.75) is 26.3 Å². The largest absolute Gasteiger partial charge is 0.366 e. The van der Waals surface area contributed by atoms with Crippen molar-refractivity contribution in [3.63, 3.8) is 0 Å². The maximum absolute atomic E-state index is 4.32. The van der Waals surface area contributed by atoms with Crippen LogP contribution in [0.5, 0.6) is 0 Å². The molecule has 19 heavy (non-hydrogen) atoms. The molecule has 0 saturated carbocycles. The van der Waals surface area contributed by atoms with Gasteiger partial charge in [0.2, 0.25) is 5.95 Å². The van der Waals surface area contributed by atoms with E-state index in [-0.39, 0.29) is 0 Å². The zero-order valence-electron chi connectivity index (χ0n) is 11.6. The molecular formula is C15H20N4. The van der Waals surface area contributed by atoms with E-state index in [1.165, 1.54) is 11.1 Å². The molecule has 4 nitrogen and oxygen atoms in total. The van der Waals surface area contributed by atoms with E-state index in [4.69, 9.17) is 0 Å². The highest BCUT2D eigenvalue weighted by Crippen LogP contribution is 2.15. The molecule has 0 amide bonds. The summed E-state index contributed by atoms with van der Waals surface area (Å²) in [4.78, 5) is 8.40. The lowest BCUT2D eigenvalue weighted by molar-refractivity contribution is 0.865. The van der Waals surface area contributed by atoms with Crippen molar-refractivity contribution in [2.75, 3.05) is 17.7 Å². The predicted octanol–water partition coefficient (Wildman–Crippen LogP) is 3.25. The van der Waals surface area contributed by atoms with E-state index >= 15 is 0 Å². The fourth-order valence-corrected chi connectivity index (χ4v) is 1.79. The van der Waals surface area contributed by atoms with Crippen LogP contribution >= 0.6 is 0 Å². The van der Waals surface area contributed by atoms with E-state index in [1.54, 1.807) is 6.20 Å². The molecule has 0 aliphatic carbocycles. The van der Waals surface area contributed by atoms with Crippen LogP contribution < -0.4 is 10.6 Å². The van der Waals surface area contributed by atoms with E-state index in [0.717, 1.165) is 12.4 Å². The minimum Gasteiger partial charge on any atom is -0.366 e. The molecular weight excluding hydrogens is 236 g/mol. The molecule has 0 spiro atoms. The smallest absolute Gasteiger partial charge is 0.224 e. The monoisotopic (exact) mass is 256 g/mol. The molecule has 0 aliphatic rings. The Bertz CT molecular complexity index is 520. The molecule has 1 aromatic carbocycles. The summed E-state index contributed by atoms with van der Waals surface area (Å²) in [6.45, 7) is 5.17.